The van der Waals surface area contributed by atoms with Gasteiger partial charge in [0.2, 0.25) is 0 Å². The van der Waals surface area contributed by atoms with E-state index in [1.165, 1.54) is 17.3 Å². The Morgan fingerprint density at radius 1 is 1.29 bits per heavy atom. The van der Waals surface area contributed by atoms with Crippen molar-refractivity contribution in [3.05, 3.63) is 41.0 Å². The van der Waals surface area contributed by atoms with Crippen molar-refractivity contribution in [3.63, 3.8) is 0 Å². The Balaban J connectivity index is 1.95. The van der Waals surface area contributed by atoms with E-state index in [0.29, 0.717) is 0 Å². The summed E-state index contributed by atoms with van der Waals surface area (Å²) in [5.41, 5.74) is 1.17. The number of aromatic nitrogens is 2. The molecule has 0 radical (unpaired) electrons. The summed E-state index contributed by atoms with van der Waals surface area (Å²) < 4.78 is 7.94. The third kappa shape index (κ3) is 2.43. The number of halogens is 1. The molecule has 0 atom stereocenters. The first-order valence-corrected chi connectivity index (χ1v) is 5.21. The molecule has 72 valence electrons. The molecule has 0 bridgehead atoms. The lowest BCUT2D eigenvalue weighted by molar-refractivity contribution is 1.13. The van der Waals surface area contributed by atoms with Gasteiger partial charge in [0, 0.05) is 11.6 Å². The van der Waals surface area contributed by atoms with Crippen molar-refractivity contribution in [2.45, 2.75) is 6.54 Å². The highest BCUT2D eigenvalue weighted by atomic mass is 35.5. The van der Waals surface area contributed by atoms with Gasteiger partial charge in [-0.15, -0.1) is 0 Å². The quantitative estimate of drug-likeness (QED) is 0.873. The van der Waals surface area contributed by atoms with Crippen molar-refractivity contribution >= 4 is 29.1 Å². The van der Waals surface area contributed by atoms with Crippen LogP contribution in [0, 0.1) is 0 Å². The van der Waals surface area contributed by atoms with Crippen LogP contribution in [0.15, 0.2) is 30.5 Å². The molecule has 0 saturated carbocycles. The Morgan fingerprint density at radius 2 is 2.07 bits per heavy atom. The van der Waals surface area contributed by atoms with E-state index < -0.39 is 0 Å². The largest absolute Gasteiger partial charge is 0.364 e. The lowest BCUT2D eigenvalue weighted by Gasteiger charge is -2.01. The average molecular weight is 226 g/mol. The molecule has 2 aromatic rings. The second-order valence-electron chi connectivity index (χ2n) is 2.77. The standard InChI is InChI=1S/C9H8ClN3S/c10-8-3-1-7(2-4-8)5-11-9-6-12-14-13-9/h1-4,6H,5H2,(H,11,13). The van der Waals surface area contributed by atoms with Gasteiger partial charge < -0.3 is 5.32 Å². The van der Waals surface area contributed by atoms with Crippen LogP contribution in [0.5, 0.6) is 0 Å². The highest BCUT2D eigenvalue weighted by molar-refractivity contribution is 6.99. The Hall–Kier alpha value is -1.13. The summed E-state index contributed by atoms with van der Waals surface area (Å²) in [6.45, 7) is 0.739. The van der Waals surface area contributed by atoms with Gasteiger partial charge in [0.05, 0.1) is 17.9 Å². The normalized spacial score (nSPS) is 10.1. The maximum absolute atomic E-state index is 5.77. The molecule has 3 nitrogen and oxygen atoms in total. The van der Waals surface area contributed by atoms with Crippen LogP contribution in [0.2, 0.25) is 5.02 Å². The van der Waals surface area contributed by atoms with Crippen molar-refractivity contribution in [2.24, 2.45) is 0 Å². The fourth-order valence-electron chi connectivity index (χ4n) is 1.04. The Labute approximate surface area is 91.1 Å². The Morgan fingerprint density at radius 3 is 2.71 bits per heavy atom. The van der Waals surface area contributed by atoms with Gasteiger partial charge in [-0.2, -0.15) is 8.75 Å². The molecule has 0 aliphatic carbocycles. The molecule has 0 unspecified atom stereocenters. The summed E-state index contributed by atoms with van der Waals surface area (Å²) in [5, 5.41) is 3.91. The fraction of sp³-hybridized carbons (Fsp3) is 0.111. The summed E-state index contributed by atoms with van der Waals surface area (Å²) in [4.78, 5) is 0. The molecule has 0 amide bonds. The van der Waals surface area contributed by atoms with Crippen molar-refractivity contribution in [2.75, 3.05) is 5.32 Å². The maximum atomic E-state index is 5.77. The number of rotatable bonds is 3. The van der Waals surface area contributed by atoms with Crippen LogP contribution in [-0.2, 0) is 6.54 Å². The van der Waals surface area contributed by atoms with E-state index in [4.69, 9.17) is 11.6 Å². The number of hydrogen-bond donors (Lipinski definition) is 1. The molecular weight excluding hydrogens is 218 g/mol. The molecule has 1 heterocycles. The van der Waals surface area contributed by atoms with Crippen molar-refractivity contribution in [3.8, 4) is 0 Å². The van der Waals surface area contributed by atoms with Crippen molar-refractivity contribution in [1.29, 1.82) is 0 Å². The van der Waals surface area contributed by atoms with E-state index in [9.17, 15) is 0 Å². The predicted molar refractivity (Wildman–Crippen MR) is 58.7 cm³/mol. The van der Waals surface area contributed by atoms with Crippen LogP contribution in [0.4, 0.5) is 5.82 Å². The van der Waals surface area contributed by atoms with E-state index in [1.807, 2.05) is 24.3 Å². The molecule has 5 heteroatoms. The summed E-state index contributed by atoms with van der Waals surface area (Å²) in [5.74, 6) is 0.810. The van der Waals surface area contributed by atoms with Crippen molar-refractivity contribution in [1.82, 2.24) is 8.75 Å². The van der Waals surface area contributed by atoms with Gasteiger partial charge in [-0.3, -0.25) is 0 Å². The number of hydrogen-bond acceptors (Lipinski definition) is 4. The summed E-state index contributed by atoms with van der Waals surface area (Å²) in [6.07, 6.45) is 1.71. The van der Waals surface area contributed by atoms with Crippen LogP contribution in [0.25, 0.3) is 0 Å². The highest BCUT2D eigenvalue weighted by Gasteiger charge is 1.95. The minimum atomic E-state index is 0.739. The Kier molecular flexibility index (Phi) is 2.96. The number of anilines is 1. The van der Waals surface area contributed by atoms with Gasteiger partial charge >= 0.3 is 0 Å². The third-order valence-corrected chi connectivity index (χ3v) is 2.48. The minimum absolute atomic E-state index is 0.739. The zero-order valence-corrected chi connectivity index (χ0v) is 8.85. The zero-order chi connectivity index (χ0) is 9.80. The topological polar surface area (TPSA) is 37.8 Å². The molecular formula is C9H8ClN3S. The van der Waals surface area contributed by atoms with Crippen molar-refractivity contribution < 1.29 is 0 Å². The van der Waals surface area contributed by atoms with Crippen LogP contribution in [0.3, 0.4) is 0 Å². The molecule has 1 aromatic carbocycles. The lowest BCUT2D eigenvalue weighted by Crippen LogP contribution is -1.98. The van der Waals surface area contributed by atoms with Gasteiger partial charge in [-0.05, 0) is 17.7 Å². The molecule has 14 heavy (non-hydrogen) atoms. The van der Waals surface area contributed by atoms with Crippen LogP contribution in [0.1, 0.15) is 5.56 Å². The lowest BCUT2D eigenvalue weighted by atomic mass is 10.2. The summed E-state index contributed by atoms with van der Waals surface area (Å²) in [6, 6.07) is 7.71. The smallest absolute Gasteiger partial charge is 0.160 e. The molecule has 0 fully saturated rings. The summed E-state index contributed by atoms with van der Waals surface area (Å²) in [7, 11) is 0. The minimum Gasteiger partial charge on any atom is -0.364 e. The van der Waals surface area contributed by atoms with Crippen LogP contribution >= 0.6 is 23.3 Å². The molecule has 0 aliphatic heterocycles. The van der Waals surface area contributed by atoms with Gasteiger partial charge in [-0.25, -0.2) is 0 Å². The molecule has 1 aromatic heterocycles. The number of nitrogens with zero attached hydrogens (tertiary/aromatic N) is 2. The second-order valence-corrected chi connectivity index (χ2v) is 3.77. The molecule has 0 spiro atoms. The van der Waals surface area contributed by atoms with Crippen LogP contribution < -0.4 is 5.32 Å². The fourth-order valence-corrected chi connectivity index (χ4v) is 1.56. The first-order valence-electron chi connectivity index (χ1n) is 4.10. The zero-order valence-electron chi connectivity index (χ0n) is 7.27. The molecule has 2 rings (SSSR count). The first kappa shape index (κ1) is 9.43. The highest BCUT2D eigenvalue weighted by Crippen LogP contribution is 2.11. The van der Waals surface area contributed by atoms with Gasteiger partial charge in [-0.1, -0.05) is 23.7 Å². The average Bonchev–Trinajstić information content (AvgIpc) is 2.70. The molecule has 1 N–H and O–H groups in total. The number of nitrogens with one attached hydrogen (secondary N) is 1. The van der Waals surface area contributed by atoms with Gasteiger partial charge in [0.25, 0.3) is 0 Å². The first-order chi connectivity index (χ1) is 6.84. The van der Waals surface area contributed by atoms with E-state index in [2.05, 4.69) is 14.1 Å². The monoisotopic (exact) mass is 225 g/mol. The van der Waals surface area contributed by atoms with Gasteiger partial charge in [0.1, 0.15) is 0 Å². The Bertz CT molecular complexity index is 385. The van der Waals surface area contributed by atoms with Crippen LogP contribution in [-0.4, -0.2) is 8.75 Å². The number of benzene rings is 1. The maximum Gasteiger partial charge on any atom is 0.160 e. The molecule has 0 aliphatic rings. The third-order valence-electron chi connectivity index (χ3n) is 1.75. The molecule has 0 saturated heterocycles. The van der Waals surface area contributed by atoms with E-state index in [-0.39, 0.29) is 0 Å². The van der Waals surface area contributed by atoms with E-state index in [0.717, 1.165) is 17.4 Å². The van der Waals surface area contributed by atoms with E-state index >= 15 is 0 Å². The SMILES string of the molecule is Clc1ccc(CNc2cnsn2)cc1. The van der Waals surface area contributed by atoms with Gasteiger partial charge in [0.15, 0.2) is 5.82 Å². The predicted octanol–water partition coefficient (Wildman–Crippen LogP) is 2.80. The summed E-state index contributed by atoms with van der Waals surface area (Å²) >= 11 is 6.96. The second kappa shape index (κ2) is 4.39. The van der Waals surface area contributed by atoms with E-state index in [1.54, 1.807) is 6.20 Å².